The van der Waals surface area contributed by atoms with Crippen LogP contribution in [-0.4, -0.2) is 33.8 Å². The first-order valence-electron chi connectivity index (χ1n) is 2.12. The Labute approximate surface area is 59.5 Å². The topological polar surface area (TPSA) is 26.0 Å². The predicted molar refractivity (Wildman–Crippen MR) is 32.5 cm³/mol. The molecule has 0 aliphatic rings. The summed E-state index contributed by atoms with van der Waals surface area (Å²) < 4.78 is 0. The Bertz CT molecular complexity index is 15.0. The van der Waals surface area contributed by atoms with E-state index in [2.05, 4.69) is 6.92 Å². The Hall–Kier alpha value is 0.882. The van der Waals surface area contributed by atoms with Crippen molar-refractivity contribution >= 4 is 27.3 Å². The van der Waals surface area contributed by atoms with E-state index >= 15 is 0 Å². The number of hydrogen-bond donors (Lipinski definition) is 1. The molecule has 38 valence electrons. The molecule has 0 amide bonds. The molecule has 6 heavy (non-hydrogen) atoms. The molecule has 0 aromatic heterocycles. The van der Waals surface area contributed by atoms with Gasteiger partial charge in [0.15, 0.2) is 0 Å². The Morgan fingerprint density at radius 3 is 2.00 bits per heavy atom. The van der Waals surface area contributed by atoms with Crippen LogP contribution in [-0.2, 0) is 0 Å². The van der Waals surface area contributed by atoms with Crippen LogP contribution >= 0.6 is 0 Å². The van der Waals surface area contributed by atoms with Crippen LogP contribution in [0.15, 0.2) is 0 Å². The maximum atomic E-state index is 5.14. The summed E-state index contributed by atoms with van der Waals surface area (Å²) in [6.45, 7) is 2.98. The minimum absolute atomic E-state index is 0. The van der Waals surface area contributed by atoms with Gasteiger partial charge in [0.1, 0.15) is 0 Å². The second-order valence-corrected chi connectivity index (χ2v) is 1.14. The second kappa shape index (κ2) is 9.30. The van der Waals surface area contributed by atoms with Gasteiger partial charge < -0.3 is 5.73 Å². The molecular weight excluding hydrogens is 269 g/mol. The average molecular weight is 282 g/mol. The average Bonchev–Trinajstić information content (AvgIpc) is 1.41. The van der Waals surface area contributed by atoms with E-state index in [4.69, 9.17) is 5.73 Å². The van der Waals surface area contributed by atoms with Gasteiger partial charge in [0.2, 0.25) is 0 Å². The molecule has 0 spiro atoms. The normalized spacial score (nSPS) is 7.00. The molecule has 0 saturated carbocycles. The SMILES string of the molecule is CCCCN.[PbH2]. The summed E-state index contributed by atoms with van der Waals surface area (Å²) in [5.41, 5.74) is 5.14. The Morgan fingerprint density at radius 2 is 2.00 bits per heavy atom. The van der Waals surface area contributed by atoms with Gasteiger partial charge in [-0.2, -0.15) is 0 Å². The molecule has 1 nitrogen and oxygen atoms in total. The van der Waals surface area contributed by atoms with Crippen LogP contribution in [0.5, 0.6) is 0 Å². The van der Waals surface area contributed by atoms with Crippen LogP contribution in [0.2, 0.25) is 0 Å². The first-order chi connectivity index (χ1) is 2.41. The quantitative estimate of drug-likeness (QED) is 0.699. The fourth-order valence-electron chi connectivity index (χ4n) is 0.204. The van der Waals surface area contributed by atoms with Crippen molar-refractivity contribution in [1.29, 1.82) is 0 Å². The molecule has 0 aliphatic carbocycles. The van der Waals surface area contributed by atoms with E-state index in [9.17, 15) is 0 Å². The Morgan fingerprint density at radius 1 is 1.50 bits per heavy atom. The molecule has 0 unspecified atom stereocenters. The van der Waals surface area contributed by atoms with Gasteiger partial charge in [-0.25, -0.2) is 0 Å². The van der Waals surface area contributed by atoms with Crippen molar-refractivity contribution in [2.45, 2.75) is 19.8 Å². The second-order valence-electron chi connectivity index (χ2n) is 1.14. The molecule has 0 aromatic carbocycles. The summed E-state index contributed by atoms with van der Waals surface area (Å²) in [5.74, 6) is 0. The fraction of sp³-hybridized carbons (Fsp3) is 1.00. The fourth-order valence-corrected chi connectivity index (χ4v) is 0.204. The first-order valence-corrected chi connectivity index (χ1v) is 2.12. The van der Waals surface area contributed by atoms with E-state index < -0.39 is 0 Å². The minimum atomic E-state index is 0. The van der Waals surface area contributed by atoms with Crippen molar-refractivity contribution in [2.24, 2.45) is 5.73 Å². The third-order valence-corrected chi connectivity index (χ3v) is 0.558. The van der Waals surface area contributed by atoms with Crippen molar-refractivity contribution < 1.29 is 0 Å². The summed E-state index contributed by atoms with van der Waals surface area (Å²) in [7, 11) is 0. The summed E-state index contributed by atoms with van der Waals surface area (Å²) in [5, 5.41) is 0. The summed E-state index contributed by atoms with van der Waals surface area (Å²) in [6, 6.07) is 0. The predicted octanol–water partition coefficient (Wildman–Crippen LogP) is -0.171. The van der Waals surface area contributed by atoms with Crippen LogP contribution < -0.4 is 5.73 Å². The van der Waals surface area contributed by atoms with Crippen LogP contribution in [0.25, 0.3) is 0 Å². The number of rotatable bonds is 2. The molecule has 2 radical (unpaired) electrons. The standard InChI is InChI=1S/C4H11N.Pb.2H/c1-2-3-4-5;;;/h2-5H2,1H3;;;. The Balaban J connectivity index is 0. The van der Waals surface area contributed by atoms with Gasteiger partial charge in [-0.3, -0.25) is 0 Å². The van der Waals surface area contributed by atoms with Crippen LogP contribution in [0.3, 0.4) is 0 Å². The molecule has 2 N–H and O–H groups in total. The summed E-state index contributed by atoms with van der Waals surface area (Å²) in [4.78, 5) is 0. The molecular formula is C4H13NPb. The van der Waals surface area contributed by atoms with E-state index in [0.29, 0.717) is 0 Å². The maximum absolute atomic E-state index is 5.14. The van der Waals surface area contributed by atoms with Crippen LogP contribution in [0.4, 0.5) is 0 Å². The van der Waals surface area contributed by atoms with Gasteiger partial charge in [-0.05, 0) is 13.0 Å². The third-order valence-electron chi connectivity index (χ3n) is 0.558. The van der Waals surface area contributed by atoms with E-state index in [1.807, 2.05) is 0 Å². The van der Waals surface area contributed by atoms with Gasteiger partial charge in [0, 0.05) is 0 Å². The van der Waals surface area contributed by atoms with Gasteiger partial charge in [-0.15, -0.1) is 0 Å². The van der Waals surface area contributed by atoms with Crippen LogP contribution in [0.1, 0.15) is 19.8 Å². The first kappa shape index (κ1) is 9.99. The summed E-state index contributed by atoms with van der Waals surface area (Å²) in [6.07, 6.45) is 2.39. The van der Waals surface area contributed by atoms with Gasteiger partial charge >= 0.3 is 27.3 Å². The zero-order valence-corrected chi connectivity index (χ0v) is 9.90. The molecule has 0 fully saturated rings. The van der Waals surface area contributed by atoms with E-state index in [0.717, 1.165) is 6.54 Å². The Kier molecular flexibility index (Phi) is 15.5. The zero-order chi connectivity index (χ0) is 4.12. The zero-order valence-electron chi connectivity index (χ0n) is 4.41. The third kappa shape index (κ3) is 8.86. The molecule has 0 rings (SSSR count). The molecule has 0 bridgehead atoms. The van der Waals surface area contributed by atoms with E-state index in [-0.39, 0.29) is 27.3 Å². The molecule has 0 heterocycles. The number of unbranched alkanes of at least 4 members (excludes halogenated alkanes) is 1. The van der Waals surface area contributed by atoms with E-state index in [1.54, 1.807) is 0 Å². The van der Waals surface area contributed by atoms with Crippen molar-refractivity contribution in [3.63, 3.8) is 0 Å². The van der Waals surface area contributed by atoms with Crippen molar-refractivity contribution in [3.05, 3.63) is 0 Å². The van der Waals surface area contributed by atoms with Gasteiger partial charge in [-0.1, -0.05) is 13.3 Å². The molecule has 0 saturated heterocycles. The van der Waals surface area contributed by atoms with Crippen molar-refractivity contribution in [3.8, 4) is 0 Å². The van der Waals surface area contributed by atoms with Gasteiger partial charge in [0.05, 0.1) is 0 Å². The van der Waals surface area contributed by atoms with E-state index in [1.165, 1.54) is 12.8 Å². The van der Waals surface area contributed by atoms with Crippen LogP contribution in [0, 0.1) is 0 Å². The molecule has 0 aromatic rings. The molecule has 2 heteroatoms. The number of nitrogens with two attached hydrogens (primary N) is 1. The summed E-state index contributed by atoms with van der Waals surface area (Å²) >= 11 is 0. The molecule has 0 aliphatic heterocycles. The monoisotopic (exact) mass is 283 g/mol. The van der Waals surface area contributed by atoms with Gasteiger partial charge in [0.25, 0.3) is 0 Å². The number of hydrogen-bond acceptors (Lipinski definition) is 1. The van der Waals surface area contributed by atoms with Crippen molar-refractivity contribution in [1.82, 2.24) is 0 Å². The molecule has 0 atom stereocenters. The van der Waals surface area contributed by atoms with Crippen molar-refractivity contribution in [2.75, 3.05) is 6.54 Å².